The molecule has 0 aliphatic rings. The van der Waals surface area contributed by atoms with Crippen LogP contribution in [0.3, 0.4) is 0 Å². The summed E-state index contributed by atoms with van der Waals surface area (Å²) in [6.45, 7) is 3.96. The summed E-state index contributed by atoms with van der Waals surface area (Å²) in [5.41, 5.74) is 0.561. The number of carbonyl (C=O) groups excluding carboxylic acids is 2. The maximum absolute atomic E-state index is 12.7. The van der Waals surface area contributed by atoms with Gasteiger partial charge in [0.25, 0.3) is 5.91 Å². The van der Waals surface area contributed by atoms with Crippen LogP contribution < -0.4 is 5.32 Å². The van der Waals surface area contributed by atoms with Crippen LogP contribution in [0.1, 0.15) is 23.0 Å². The van der Waals surface area contributed by atoms with Gasteiger partial charge in [0.05, 0.1) is 0 Å². The molecule has 0 radical (unpaired) electrons. The van der Waals surface area contributed by atoms with E-state index >= 15 is 0 Å². The molecule has 128 valence electrons. The number of likely N-dealkylation sites (N-methyl/N-ethyl adjacent to an activating group) is 1. The number of fused-ring (bicyclic) bond motifs is 1. The van der Waals surface area contributed by atoms with Crippen LogP contribution in [0.5, 0.6) is 0 Å². The average Bonchev–Trinajstić information content (AvgIpc) is 3.03. The summed E-state index contributed by atoms with van der Waals surface area (Å²) in [4.78, 5) is 26.4. The molecular formula is C19H19N3O3. The van der Waals surface area contributed by atoms with E-state index in [1.54, 1.807) is 19.1 Å². The highest BCUT2D eigenvalue weighted by atomic mass is 16.5. The number of amides is 2. The maximum Gasteiger partial charge on any atom is 0.254 e. The second-order valence-corrected chi connectivity index (χ2v) is 5.75. The first-order valence-corrected chi connectivity index (χ1v) is 8.08. The monoisotopic (exact) mass is 337 g/mol. The minimum Gasteiger partial charge on any atom is -0.360 e. The van der Waals surface area contributed by atoms with Crippen LogP contribution in [-0.4, -0.2) is 35.0 Å². The summed E-state index contributed by atoms with van der Waals surface area (Å²) in [6.07, 6.45) is 0. The Kier molecular flexibility index (Phi) is 4.79. The molecule has 6 nitrogen and oxygen atoms in total. The zero-order chi connectivity index (χ0) is 17.8. The van der Waals surface area contributed by atoms with Crippen LogP contribution in [0.15, 0.2) is 53.1 Å². The summed E-state index contributed by atoms with van der Waals surface area (Å²) in [5.74, 6) is 0.454. The maximum atomic E-state index is 12.7. The highest BCUT2D eigenvalue weighted by Crippen LogP contribution is 2.17. The molecule has 0 saturated carbocycles. The first-order chi connectivity index (χ1) is 12.1. The standard InChI is InChI=1S/C19H19N3O3/c1-3-22(12-18(23)20-17-10-13(2)25-21-17)19(24)16-9-8-14-6-4-5-7-15(14)11-16/h4-11H,3,12H2,1-2H3,(H,20,21,23). The van der Waals surface area contributed by atoms with Crippen molar-refractivity contribution < 1.29 is 14.1 Å². The van der Waals surface area contributed by atoms with E-state index in [1.807, 2.05) is 43.3 Å². The lowest BCUT2D eigenvalue weighted by Crippen LogP contribution is -2.37. The molecule has 0 bridgehead atoms. The average molecular weight is 337 g/mol. The SMILES string of the molecule is CCN(CC(=O)Nc1cc(C)on1)C(=O)c1ccc2ccccc2c1. The van der Waals surface area contributed by atoms with E-state index in [0.717, 1.165) is 10.8 Å². The quantitative estimate of drug-likeness (QED) is 0.775. The Bertz CT molecular complexity index is 917. The van der Waals surface area contributed by atoms with Crippen molar-refractivity contribution in [1.82, 2.24) is 10.1 Å². The molecule has 0 unspecified atom stereocenters. The number of hydrogen-bond donors (Lipinski definition) is 1. The van der Waals surface area contributed by atoms with Gasteiger partial charge in [-0.3, -0.25) is 9.59 Å². The molecule has 3 aromatic rings. The third-order valence-corrected chi connectivity index (χ3v) is 3.90. The number of anilines is 1. The Morgan fingerprint density at radius 2 is 1.88 bits per heavy atom. The minimum atomic E-state index is -0.315. The van der Waals surface area contributed by atoms with Gasteiger partial charge < -0.3 is 14.7 Å². The molecule has 0 fully saturated rings. The molecule has 3 rings (SSSR count). The molecule has 1 heterocycles. The highest BCUT2D eigenvalue weighted by Gasteiger charge is 2.18. The lowest BCUT2D eigenvalue weighted by atomic mass is 10.1. The van der Waals surface area contributed by atoms with E-state index in [-0.39, 0.29) is 18.4 Å². The van der Waals surface area contributed by atoms with Gasteiger partial charge in [-0.25, -0.2) is 0 Å². The van der Waals surface area contributed by atoms with Crippen LogP contribution in [0, 0.1) is 6.92 Å². The van der Waals surface area contributed by atoms with Gasteiger partial charge in [0.2, 0.25) is 5.91 Å². The molecule has 0 spiro atoms. The van der Waals surface area contributed by atoms with Crippen molar-refractivity contribution in [2.75, 3.05) is 18.4 Å². The van der Waals surface area contributed by atoms with Crippen molar-refractivity contribution in [2.24, 2.45) is 0 Å². The van der Waals surface area contributed by atoms with Gasteiger partial charge in [0, 0.05) is 18.2 Å². The number of aryl methyl sites for hydroxylation is 1. The second-order valence-electron chi connectivity index (χ2n) is 5.75. The van der Waals surface area contributed by atoms with E-state index in [2.05, 4.69) is 10.5 Å². The Morgan fingerprint density at radius 1 is 1.12 bits per heavy atom. The fraction of sp³-hybridized carbons (Fsp3) is 0.211. The zero-order valence-corrected chi connectivity index (χ0v) is 14.2. The van der Waals surface area contributed by atoms with Gasteiger partial charge >= 0.3 is 0 Å². The van der Waals surface area contributed by atoms with Crippen LogP contribution in [0.4, 0.5) is 5.82 Å². The summed E-state index contributed by atoms with van der Waals surface area (Å²) < 4.78 is 4.91. The Morgan fingerprint density at radius 3 is 2.56 bits per heavy atom. The van der Waals surface area contributed by atoms with Crippen molar-refractivity contribution in [3.8, 4) is 0 Å². The molecule has 0 aliphatic heterocycles. The molecule has 1 N–H and O–H groups in total. The van der Waals surface area contributed by atoms with E-state index in [9.17, 15) is 9.59 Å². The fourth-order valence-electron chi connectivity index (χ4n) is 2.61. The van der Waals surface area contributed by atoms with Crippen molar-refractivity contribution >= 4 is 28.4 Å². The minimum absolute atomic E-state index is 0.0476. The first kappa shape index (κ1) is 16.7. The van der Waals surface area contributed by atoms with Gasteiger partial charge in [-0.15, -0.1) is 0 Å². The number of rotatable bonds is 5. The van der Waals surface area contributed by atoms with Gasteiger partial charge in [-0.05, 0) is 36.8 Å². The third kappa shape index (κ3) is 3.85. The van der Waals surface area contributed by atoms with E-state index in [0.29, 0.717) is 23.7 Å². The number of aromatic nitrogens is 1. The fourth-order valence-corrected chi connectivity index (χ4v) is 2.61. The molecule has 25 heavy (non-hydrogen) atoms. The second kappa shape index (κ2) is 7.17. The zero-order valence-electron chi connectivity index (χ0n) is 14.2. The Balaban J connectivity index is 1.72. The molecule has 6 heteroatoms. The van der Waals surface area contributed by atoms with Crippen LogP contribution in [0.25, 0.3) is 10.8 Å². The highest BCUT2D eigenvalue weighted by molar-refractivity contribution is 6.01. The Hall–Kier alpha value is -3.15. The summed E-state index contributed by atoms with van der Waals surface area (Å²) in [6, 6.07) is 15.0. The van der Waals surface area contributed by atoms with E-state index in [1.165, 1.54) is 4.90 Å². The van der Waals surface area contributed by atoms with Gasteiger partial charge in [-0.1, -0.05) is 35.5 Å². The van der Waals surface area contributed by atoms with E-state index < -0.39 is 0 Å². The van der Waals surface area contributed by atoms with Crippen LogP contribution >= 0.6 is 0 Å². The molecule has 2 aromatic carbocycles. The van der Waals surface area contributed by atoms with Crippen LogP contribution in [-0.2, 0) is 4.79 Å². The van der Waals surface area contributed by atoms with Gasteiger partial charge in [0.1, 0.15) is 12.3 Å². The lowest BCUT2D eigenvalue weighted by Gasteiger charge is -2.20. The lowest BCUT2D eigenvalue weighted by molar-refractivity contribution is -0.116. The topological polar surface area (TPSA) is 75.4 Å². The molecular weight excluding hydrogens is 318 g/mol. The molecule has 0 aliphatic carbocycles. The van der Waals surface area contributed by atoms with Gasteiger partial charge in [0.15, 0.2) is 5.82 Å². The first-order valence-electron chi connectivity index (χ1n) is 8.08. The molecule has 0 saturated heterocycles. The number of nitrogens with zero attached hydrogens (tertiary/aromatic N) is 2. The van der Waals surface area contributed by atoms with Crippen molar-refractivity contribution in [3.63, 3.8) is 0 Å². The number of carbonyl (C=O) groups is 2. The number of hydrogen-bond acceptors (Lipinski definition) is 4. The summed E-state index contributed by atoms with van der Waals surface area (Å²) in [7, 11) is 0. The third-order valence-electron chi connectivity index (χ3n) is 3.90. The largest absolute Gasteiger partial charge is 0.360 e. The molecule has 0 atom stereocenters. The predicted octanol–water partition coefficient (Wildman–Crippen LogP) is 3.24. The normalized spacial score (nSPS) is 10.6. The smallest absolute Gasteiger partial charge is 0.254 e. The van der Waals surface area contributed by atoms with Crippen molar-refractivity contribution in [3.05, 3.63) is 59.9 Å². The number of nitrogens with one attached hydrogen (secondary N) is 1. The van der Waals surface area contributed by atoms with Crippen molar-refractivity contribution in [1.29, 1.82) is 0 Å². The molecule has 1 aromatic heterocycles. The summed E-state index contributed by atoms with van der Waals surface area (Å²) >= 11 is 0. The molecule has 2 amide bonds. The van der Waals surface area contributed by atoms with Crippen molar-refractivity contribution in [2.45, 2.75) is 13.8 Å². The number of benzene rings is 2. The van der Waals surface area contributed by atoms with E-state index in [4.69, 9.17) is 4.52 Å². The van der Waals surface area contributed by atoms with Crippen LogP contribution in [0.2, 0.25) is 0 Å². The predicted molar refractivity (Wildman–Crippen MR) is 95.4 cm³/mol. The Labute approximate surface area is 145 Å². The summed E-state index contributed by atoms with van der Waals surface area (Å²) in [5, 5.41) is 8.40. The van der Waals surface area contributed by atoms with Gasteiger partial charge in [-0.2, -0.15) is 0 Å².